The number of carbonyl (C=O) groups is 2. The van der Waals surface area contributed by atoms with Gasteiger partial charge in [0.1, 0.15) is 24.7 Å². The highest BCUT2D eigenvalue weighted by molar-refractivity contribution is 7.10. The van der Waals surface area contributed by atoms with Crippen molar-refractivity contribution in [1.82, 2.24) is 9.80 Å². The summed E-state index contributed by atoms with van der Waals surface area (Å²) in [5.74, 6) is 1.31. The number of carbonyl (C=O) groups excluding carboxylic acids is 2. The summed E-state index contributed by atoms with van der Waals surface area (Å²) >= 11 is 7.83. The summed E-state index contributed by atoms with van der Waals surface area (Å²) in [6.07, 6.45) is 0.792. The van der Waals surface area contributed by atoms with Gasteiger partial charge in [-0.05, 0) is 59.7 Å². The molecule has 0 radical (unpaired) electrons. The van der Waals surface area contributed by atoms with Crippen molar-refractivity contribution >= 4 is 34.8 Å². The fourth-order valence-electron chi connectivity index (χ4n) is 4.46. The molecule has 3 aromatic rings. The van der Waals surface area contributed by atoms with Gasteiger partial charge in [0.2, 0.25) is 5.91 Å². The Morgan fingerprint density at radius 3 is 2.67 bits per heavy atom. The van der Waals surface area contributed by atoms with Gasteiger partial charge in [0.15, 0.2) is 0 Å². The molecule has 6 nitrogen and oxygen atoms in total. The van der Waals surface area contributed by atoms with Gasteiger partial charge >= 0.3 is 0 Å². The van der Waals surface area contributed by atoms with E-state index in [9.17, 15) is 9.59 Å². The van der Waals surface area contributed by atoms with Crippen LogP contribution in [0, 0.1) is 5.92 Å². The summed E-state index contributed by atoms with van der Waals surface area (Å²) in [6, 6.07) is 16.1. The van der Waals surface area contributed by atoms with E-state index in [0.717, 1.165) is 12.0 Å². The second kappa shape index (κ2) is 11.8. The van der Waals surface area contributed by atoms with E-state index in [1.165, 1.54) is 4.88 Å². The summed E-state index contributed by atoms with van der Waals surface area (Å²) in [6.45, 7) is 5.44. The molecule has 1 aliphatic rings. The Bertz CT molecular complexity index is 1210. The molecular weight excluding hydrogens is 496 g/mol. The molecule has 1 aromatic heterocycles. The SMILES string of the molecule is COc1cccc(OC[C@@H]2c3ccsc3CCN2C(=O)CN(CC(C)C)C(=O)c2cccc(Cl)c2)c1. The molecule has 0 aliphatic carbocycles. The van der Waals surface area contributed by atoms with E-state index in [1.807, 2.05) is 43.0 Å². The number of benzene rings is 2. The third-order valence-corrected chi connectivity index (χ3v) is 7.37. The minimum Gasteiger partial charge on any atom is -0.497 e. The van der Waals surface area contributed by atoms with Crippen molar-refractivity contribution in [2.45, 2.75) is 26.3 Å². The van der Waals surface area contributed by atoms with Crippen LogP contribution in [0.5, 0.6) is 11.5 Å². The average Bonchev–Trinajstić information content (AvgIpc) is 3.35. The molecule has 190 valence electrons. The van der Waals surface area contributed by atoms with Gasteiger partial charge in [-0.3, -0.25) is 9.59 Å². The lowest BCUT2D eigenvalue weighted by Gasteiger charge is -2.37. The number of methoxy groups -OCH3 is 1. The van der Waals surface area contributed by atoms with Gasteiger partial charge in [-0.25, -0.2) is 0 Å². The molecular formula is C28H31ClN2O4S. The largest absolute Gasteiger partial charge is 0.497 e. The van der Waals surface area contributed by atoms with Crippen LogP contribution in [-0.2, 0) is 11.2 Å². The zero-order chi connectivity index (χ0) is 25.7. The maximum absolute atomic E-state index is 13.7. The molecule has 4 rings (SSSR count). The van der Waals surface area contributed by atoms with Crippen LogP contribution in [0.15, 0.2) is 60.0 Å². The van der Waals surface area contributed by atoms with E-state index in [1.54, 1.807) is 47.6 Å². The molecule has 0 bridgehead atoms. The third kappa shape index (κ3) is 6.20. The number of amides is 2. The zero-order valence-corrected chi connectivity index (χ0v) is 22.3. The highest BCUT2D eigenvalue weighted by Gasteiger charge is 2.33. The Balaban J connectivity index is 1.54. The fourth-order valence-corrected chi connectivity index (χ4v) is 5.58. The highest BCUT2D eigenvalue weighted by Crippen LogP contribution is 2.34. The molecule has 2 amide bonds. The lowest BCUT2D eigenvalue weighted by atomic mass is 10.00. The predicted octanol–water partition coefficient (Wildman–Crippen LogP) is 5.71. The Morgan fingerprint density at radius 2 is 1.92 bits per heavy atom. The number of halogens is 1. The van der Waals surface area contributed by atoms with E-state index in [-0.39, 0.29) is 30.3 Å². The van der Waals surface area contributed by atoms with Crippen LogP contribution in [0.1, 0.15) is 40.7 Å². The second-order valence-corrected chi connectivity index (χ2v) is 10.7. The summed E-state index contributed by atoms with van der Waals surface area (Å²) in [4.78, 5) is 31.8. The van der Waals surface area contributed by atoms with Crippen LogP contribution in [0.4, 0.5) is 0 Å². The van der Waals surface area contributed by atoms with Crippen molar-refractivity contribution in [3.63, 3.8) is 0 Å². The minimum atomic E-state index is -0.235. The summed E-state index contributed by atoms with van der Waals surface area (Å²) in [7, 11) is 1.62. The normalized spacial score (nSPS) is 14.9. The van der Waals surface area contributed by atoms with Crippen LogP contribution in [-0.4, -0.2) is 55.0 Å². The van der Waals surface area contributed by atoms with Gasteiger partial charge in [0, 0.05) is 34.6 Å². The molecule has 1 aliphatic heterocycles. The van der Waals surface area contributed by atoms with Gasteiger partial charge in [-0.2, -0.15) is 0 Å². The summed E-state index contributed by atoms with van der Waals surface area (Å²) in [5.41, 5.74) is 1.59. The van der Waals surface area contributed by atoms with E-state index in [2.05, 4.69) is 11.4 Å². The first-order chi connectivity index (χ1) is 17.4. The number of rotatable bonds is 9. The standard InChI is InChI=1S/C28H31ClN2O4S/c1-19(2)16-30(28(33)20-6-4-7-21(29)14-20)17-27(32)31-12-10-26-24(11-13-36-26)25(31)18-35-23-9-5-8-22(15-23)34-3/h4-9,11,13-15,19,25H,10,12,16-18H2,1-3H3/t25-/m1/s1. The van der Waals surface area contributed by atoms with Crippen LogP contribution < -0.4 is 9.47 Å². The van der Waals surface area contributed by atoms with E-state index in [4.69, 9.17) is 21.1 Å². The van der Waals surface area contributed by atoms with Crippen molar-refractivity contribution in [3.05, 3.63) is 81.0 Å². The maximum Gasteiger partial charge on any atom is 0.254 e. The first-order valence-corrected chi connectivity index (χ1v) is 13.3. The van der Waals surface area contributed by atoms with Gasteiger partial charge in [0.25, 0.3) is 5.91 Å². The van der Waals surface area contributed by atoms with Crippen molar-refractivity contribution in [1.29, 1.82) is 0 Å². The third-order valence-electron chi connectivity index (χ3n) is 6.13. The lowest BCUT2D eigenvalue weighted by molar-refractivity contribution is -0.135. The van der Waals surface area contributed by atoms with Crippen molar-refractivity contribution in [3.8, 4) is 11.5 Å². The van der Waals surface area contributed by atoms with Crippen LogP contribution in [0.25, 0.3) is 0 Å². The molecule has 1 atom stereocenters. The molecule has 8 heteroatoms. The number of hydrogen-bond acceptors (Lipinski definition) is 5. The van der Waals surface area contributed by atoms with Crippen molar-refractivity contribution < 1.29 is 19.1 Å². The van der Waals surface area contributed by atoms with E-state index in [0.29, 0.717) is 41.8 Å². The van der Waals surface area contributed by atoms with Gasteiger partial charge in [-0.1, -0.05) is 37.6 Å². The number of fused-ring (bicyclic) bond motifs is 1. The van der Waals surface area contributed by atoms with E-state index < -0.39 is 0 Å². The Morgan fingerprint density at radius 1 is 1.14 bits per heavy atom. The molecule has 2 aromatic carbocycles. The molecule has 0 saturated heterocycles. The first kappa shape index (κ1) is 26.0. The van der Waals surface area contributed by atoms with Crippen molar-refractivity contribution in [2.24, 2.45) is 5.92 Å². The van der Waals surface area contributed by atoms with Gasteiger partial charge in [0.05, 0.1) is 13.2 Å². The van der Waals surface area contributed by atoms with Gasteiger partial charge in [-0.15, -0.1) is 11.3 Å². The van der Waals surface area contributed by atoms with Gasteiger partial charge < -0.3 is 19.3 Å². The molecule has 0 unspecified atom stereocenters. The Labute approximate surface area is 221 Å². The summed E-state index contributed by atoms with van der Waals surface area (Å²) in [5, 5.41) is 2.55. The maximum atomic E-state index is 13.7. The topological polar surface area (TPSA) is 59.1 Å². The highest BCUT2D eigenvalue weighted by atomic mass is 35.5. The molecule has 0 N–H and O–H groups in total. The van der Waals surface area contributed by atoms with Crippen LogP contribution in [0.2, 0.25) is 5.02 Å². The summed E-state index contributed by atoms with van der Waals surface area (Å²) < 4.78 is 11.4. The van der Waals surface area contributed by atoms with E-state index >= 15 is 0 Å². The quantitative estimate of drug-likeness (QED) is 0.358. The molecule has 36 heavy (non-hydrogen) atoms. The number of ether oxygens (including phenoxy) is 2. The Kier molecular flexibility index (Phi) is 8.54. The molecule has 2 heterocycles. The van der Waals surface area contributed by atoms with Crippen LogP contribution in [0.3, 0.4) is 0 Å². The number of nitrogens with zero attached hydrogens (tertiary/aromatic N) is 2. The lowest BCUT2D eigenvalue weighted by Crippen LogP contribution is -2.48. The molecule has 0 saturated carbocycles. The predicted molar refractivity (Wildman–Crippen MR) is 143 cm³/mol. The number of hydrogen-bond donors (Lipinski definition) is 0. The monoisotopic (exact) mass is 526 g/mol. The zero-order valence-electron chi connectivity index (χ0n) is 20.8. The fraction of sp³-hybridized carbons (Fsp3) is 0.357. The van der Waals surface area contributed by atoms with Crippen molar-refractivity contribution in [2.75, 3.05) is 33.4 Å². The van der Waals surface area contributed by atoms with Crippen LogP contribution >= 0.6 is 22.9 Å². The number of thiophene rings is 1. The molecule has 0 spiro atoms. The first-order valence-electron chi connectivity index (χ1n) is 12.0. The minimum absolute atomic E-state index is 0.00133. The second-order valence-electron chi connectivity index (χ2n) is 9.23. The Hall–Kier alpha value is -3.03. The average molecular weight is 527 g/mol. The smallest absolute Gasteiger partial charge is 0.254 e. The molecule has 0 fully saturated rings.